The molecule has 258 valence electrons. The van der Waals surface area contributed by atoms with E-state index in [9.17, 15) is 39.0 Å². The topological polar surface area (TPSA) is 198 Å². The van der Waals surface area contributed by atoms with Gasteiger partial charge in [-0.05, 0) is 68.3 Å². The van der Waals surface area contributed by atoms with Gasteiger partial charge in [-0.25, -0.2) is 14.4 Å². The van der Waals surface area contributed by atoms with Crippen LogP contribution < -0.4 is 20.1 Å². The van der Waals surface area contributed by atoms with Crippen molar-refractivity contribution in [1.82, 2.24) is 15.5 Å². The number of Topliss-reactive ketones (excluding diaryl/α,β-unsaturated/α-hetero) is 1. The summed E-state index contributed by atoms with van der Waals surface area (Å²) in [7, 11) is 0. The summed E-state index contributed by atoms with van der Waals surface area (Å²) in [5, 5.41) is 23.9. The van der Waals surface area contributed by atoms with Gasteiger partial charge in [0.15, 0.2) is 6.04 Å². The van der Waals surface area contributed by atoms with Gasteiger partial charge in [-0.15, -0.1) is 0 Å². The zero-order valence-corrected chi connectivity index (χ0v) is 27.1. The van der Waals surface area contributed by atoms with Crippen LogP contribution in [0.3, 0.4) is 0 Å². The molecule has 4 N–H and O–H groups in total. The van der Waals surface area contributed by atoms with Crippen LogP contribution in [0.5, 0.6) is 11.5 Å². The summed E-state index contributed by atoms with van der Waals surface area (Å²) < 4.78 is 16.3. The first-order valence-electron chi connectivity index (χ1n) is 15.3. The van der Waals surface area contributed by atoms with E-state index < -0.39 is 59.4 Å². The van der Waals surface area contributed by atoms with E-state index in [-0.39, 0.29) is 30.9 Å². The highest BCUT2D eigenvalue weighted by Gasteiger charge is 2.45. The number of hydrogen-bond donors (Lipinski definition) is 4. The minimum Gasteiger partial charge on any atom is -0.494 e. The Morgan fingerprint density at radius 3 is 2.04 bits per heavy atom. The third-order valence-electron chi connectivity index (χ3n) is 7.24. The number of nitrogens with one attached hydrogen (secondary N) is 2. The van der Waals surface area contributed by atoms with E-state index in [0.29, 0.717) is 17.9 Å². The van der Waals surface area contributed by atoms with Gasteiger partial charge in [0, 0.05) is 12.0 Å². The second-order valence-electron chi connectivity index (χ2n) is 12.1. The normalized spacial score (nSPS) is 15.2. The summed E-state index contributed by atoms with van der Waals surface area (Å²) in [4.78, 5) is 74.9. The molecule has 49 heavy (non-hydrogen) atoms. The fourth-order valence-corrected chi connectivity index (χ4v) is 4.79. The second kappa shape index (κ2) is 15.8. The summed E-state index contributed by atoms with van der Waals surface area (Å²) in [5.41, 5.74) is 0.508. The van der Waals surface area contributed by atoms with Crippen molar-refractivity contribution in [3.05, 3.63) is 95.6 Å². The van der Waals surface area contributed by atoms with Crippen molar-refractivity contribution in [3.63, 3.8) is 0 Å². The molecular weight excluding hydrogens is 638 g/mol. The molecule has 3 amide bonds. The molecule has 0 radical (unpaired) electrons. The maximum Gasteiger partial charge on any atom is 0.408 e. The first kappa shape index (κ1) is 35.9. The lowest BCUT2D eigenvalue weighted by molar-refractivity contribution is -0.160. The average Bonchev–Trinajstić information content (AvgIpc) is 3.06. The number of carbonyl (C=O) groups excluding carboxylic acids is 4. The number of carboxylic acid groups (broad SMARTS) is 2. The van der Waals surface area contributed by atoms with Crippen LogP contribution >= 0.6 is 0 Å². The Morgan fingerprint density at radius 2 is 1.47 bits per heavy atom. The van der Waals surface area contributed by atoms with Gasteiger partial charge in [0.1, 0.15) is 35.8 Å². The highest BCUT2D eigenvalue weighted by molar-refractivity contribution is 6.43. The lowest BCUT2D eigenvalue weighted by atomic mass is 9.98. The Kier molecular flexibility index (Phi) is 11.6. The van der Waals surface area contributed by atoms with Crippen LogP contribution in [0, 0.1) is 0 Å². The number of likely N-dealkylation sites (tertiary alicyclic amines) is 1. The van der Waals surface area contributed by atoms with Crippen molar-refractivity contribution in [3.8, 4) is 11.5 Å². The minimum absolute atomic E-state index is 0.00136. The van der Waals surface area contributed by atoms with E-state index in [1.807, 2.05) is 30.3 Å². The molecule has 3 atom stereocenters. The fourth-order valence-electron chi connectivity index (χ4n) is 4.79. The number of aliphatic carboxylic acids is 2. The Hall–Kier alpha value is -5.92. The molecule has 3 aromatic carbocycles. The fraction of sp³-hybridized carbons (Fsp3) is 0.314. The highest BCUT2D eigenvalue weighted by Crippen LogP contribution is 2.29. The van der Waals surface area contributed by atoms with Crippen molar-refractivity contribution in [2.75, 3.05) is 13.2 Å². The molecule has 0 bridgehead atoms. The molecule has 1 fully saturated rings. The molecule has 1 aliphatic rings. The molecule has 4 rings (SSSR count). The lowest BCUT2D eigenvalue weighted by Gasteiger charge is -2.42. The van der Waals surface area contributed by atoms with Crippen molar-refractivity contribution in [2.24, 2.45) is 0 Å². The molecule has 1 aliphatic heterocycles. The van der Waals surface area contributed by atoms with E-state index in [4.69, 9.17) is 14.2 Å². The van der Waals surface area contributed by atoms with Gasteiger partial charge in [0.2, 0.25) is 11.7 Å². The Bertz CT molecular complexity index is 1670. The first-order valence-corrected chi connectivity index (χ1v) is 15.3. The van der Waals surface area contributed by atoms with Gasteiger partial charge in [-0.2, -0.15) is 0 Å². The van der Waals surface area contributed by atoms with E-state index >= 15 is 0 Å². The van der Waals surface area contributed by atoms with Gasteiger partial charge in [0.05, 0.1) is 13.2 Å². The summed E-state index contributed by atoms with van der Waals surface area (Å²) in [5.74, 6) is -4.35. The largest absolute Gasteiger partial charge is 0.494 e. The van der Waals surface area contributed by atoms with E-state index in [2.05, 4.69) is 10.6 Å². The minimum atomic E-state index is -1.30. The summed E-state index contributed by atoms with van der Waals surface area (Å²) >= 11 is 0. The maximum atomic E-state index is 12.9. The van der Waals surface area contributed by atoms with Gasteiger partial charge >= 0.3 is 18.0 Å². The zero-order chi connectivity index (χ0) is 35.7. The number of hydrogen-bond acceptors (Lipinski definition) is 9. The molecule has 3 unspecified atom stereocenters. The second-order valence-corrected chi connectivity index (χ2v) is 12.1. The van der Waals surface area contributed by atoms with Crippen LogP contribution in [0.15, 0.2) is 78.9 Å². The maximum absolute atomic E-state index is 12.9. The van der Waals surface area contributed by atoms with Gasteiger partial charge in [-0.3, -0.25) is 14.4 Å². The quantitative estimate of drug-likeness (QED) is 0.105. The molecule has 1 saturated heterocycles. The summed E-state index contributed by atoms with van der Waals surface area (Å²) in [6.07, 6.45) is -0.962. The molecule has 0 saturated carbocycles. The number of benzene rings is 3. The highest BCUT2D eigenvalue weighted by atomic mass is 16.6. The molecule has 1 heterocycles. The predicted molar refractivity (Wildman–Crippen MR) is 173 cm³/mol. The Morgan fingerprint density at radius 1 is 0.857 bits per heavy atom. The third-order valence-corrected chi connectivity index (χ3v) is 7.24. The molecule has 0 aliphatic carbocycles. The number of β-lactam (4-membered cyclic amide) rings is 1. The van der Waals surface area contributed by atoms with E-state index in [0.717, 1.165) is 10.5 Å². The van der Waals surface area contributed by atoms with Crippen molar-refractivity contribution in [2.45, 2.75) is 57.5 Å². The SMILES string of the molecule is CC(C)(C)OC(=O)NC(CCOc1ccc(C(=O)C(=O)NC2CN(C(C(=O)O)c3ccc(OCc4ccccc4)cc3)C2=O)cc1)C(=O)O. The number of nitrogens with zero attached hydrogens (tertiary/aromatic N) is 1. The van der Waals surface area contributed by atoms with Crippen LogP contribution in [-0.4, -0.2) is 81.6 Å². The van der Waals surface area contributed by atoms with Gasteiger partial charge in [0.25, 0.3) is 5.91 Å². The molecule has 3 aromatic rings. The van der Waals surface area contributed by atoms with Gasteiger partial charge in [-0.1, -0.05) is 42.5 Å². The molecule has 0 aromatic heterocycles. The lowest BCUT2D eigenvalue weighted by Crippen LogP contribution is -2.66. The van der Waals surface area contributed by atoms with Crippen LogP contribution in [0.2, 0.25) is 0 Å². The number of ketones is 1. The smallest absolute Gasteiger partial charge is 0.408 e. The monoisotopic (exact) mass is 675 g/mol. The number of carboxylic acids is 2. The predicted octanol–water partition coefficient (Wildman–Crippen LogP) is 3.35. The molecule has 0 spiro atoms. The number of ether oxygens (including phenoxy) is 3. The summed E-state index contributed by atoms with van der Waals surface area (Å²) in [6, 6.07) is 17.7. The van der Waals surface area contributed by atoms with Gasteiger partial charge < -0.3 is 40.0 Å². The van der Waals surface area contributed by atoms with Crippen molar-refractivity contribution >= 4 is 35.6 Å². The Labute approximate surface area is 282 Å². The third kappa shape index (κ3) is 10.0. The Balaban J connectivity index is 1.25. The average molecular weight is 676 g/mol. The van der Waals surface area contributed by atoms with E-state index in [1.54, 1.807) is 45.0 Å². The molecular formula is C35H37N3O11. The number of alkyl carbamates (subject to hydrolysis) is 1. The first-order chi connectivity index (χ1) is 23.2. The van der Waals surface area contributed by atoms with E-state index in [1.165, 1.54) is 24.3 Å². The van der Waals surface area contributed by atoms with Crippen LogP contribution in [0.4, 0.5) is 4.79 Å². The standard InChI is InChI=1S/C35H37N3O11/c1-35(2,3)49-34(46)37-26(32(42)43)17-18-47-24-15-11-23(12-16-24)29(39)30(40)36-27-19-38(31(27)41)28(33(44)45)22-9-13-25(14-10-22)48-20-21-7-5-4-6-8-21/h4-16,26-28H,17-20H2,1-3H3,(H,36,40)(H,37,46)(H,42,43)(H,44,45). The zero-order valence-electron chi connectivity index (χ0n) is 27.1. The number of amides is 3. The van der Waals surface area contributed by atoms with Crippen LogP contribution in [0.25, 0.3) is 0 Å². The summed E-state index contributed by atoms with van der Waals surface area (Å²) in [6.45, 7) is 5.06. The molecule has 14 nitrogen and oxygen atoms in total. The van der Waals surface area contributed by atoms with Crippen molar-refractivity contribution < 1.29 is 53.2 Å². The molecule has 14 heteroatoms. The van der Waals surface area contributed by atoms with Crippen LogP contribution in [0.1, 0.15) is 54.7 Å². The number of rotatable bonds is 15. The van der Waals surface area contributed by atoms with Crippen LogP contribution in [-0.2, 0) is 30.5 Å². The number of carbonyl (C=O) groups is 6. The van der Waals surface area contributed by atoms with Crippen molar-refractivity contribution in [1.29, 1.82) is 0 Å².